The Morgan fingerprint density at radius 3 is 2.53 bits per heavy atom. The molecule has 0 radical (unpaired) electrons. The number of benzene rings is 1. The number of aryl methyl sites for hydroxylation is 1. The molecule has 2 N–H and O–H groups in total. The number of rotatable bonds is 7. The van der Waals surface area contributed by atoms with Crippen LogP contribution in [0.4, 0.5) is 5.69 Å². The molecule has 1 aromatic carbocycles. The summed E-state index contributed by atoms with van der Waals surface area (Å²) >= 11 is 3.52. The summed E-state index contributed by atoms with van der Waals surface area (Å²) in [4.78, 5) is 0. The van der Waals surface area contributed by atoms with Crippen molar-refractivity contribution in [1.82, 2.24) is 0 Å². The van der Waals surface area contributed by atoms with Gasteiger partial charge >= 0.3 is 0 Å². The first-order chi connectivity index (χ1) is 8.19. The smallest absolute Gasteiger partial charge is 0.156 e. The average Bonchev–Trinajstić information content (AvgIpc) is 2.31. The maximum atomic E-state index is 5.98. The molecule has 0 unspecified atom stereocenters. The number of anilines is 1. The summed E-state index contributed by atoms with van der Waals surface area (Å²) in [6, 6.07) is 4.07. The summed E-state index contributed by atoms with van der Waals surface area (Å²) in [5.74, 6) is 0.790. The fourth-order valence-corrected chi connectivity index (χ4v) is 2.37. The zero-order chi connectivity index (χ0) is 12.7. The Morgan fingerprint density at radius 1 is 1.18 bits per heavy atom. The van der Waals surface area contributed by atoms with Crippen LogP contribution in [0.1, 0.15) is 45.1 Å². The highest BCUT2D eigenvalue weighted by atomic mass is 79.9. The van der Waals surface area contributed by atoms with Gasteiger partial charge in [-0.25, -0.2) is 0 Å². The minimum absolute atomic E-state index is 0.728. The number of nitrogen functional groups attached to an aromatic ring is 1. The van der Waals surface area contributed by atoms with Crippen molar-refractivity contribution >= 4 is 21.6 Å². The first-order valence-electron chi connectivity index (χ1n) is 6.39. The van der Waals surface area contributed by atoms with Crippen LogP contribution in [-0.4, -0.2) is 6.61 Å². The molecule has 0 spiro atoms. The van der Waals surface area contributed by atoms with E-state index < -0.39 is 0 Å². The third kappa shape index (κ3) is 4.58. The van der Waals surface area contributed by atoms with Gasteiger partial charge in [0.2, 0.25) is 0 Å². The van der Waals surface area contributed by atoms with Gasteiger partial charge in [0.05, 0.1) is 16.8 Å². The summed E-state index contributed by atoms with van der Waals surface area (Å²) in [6.07, 6.45) is 5.82. The van der Waals surface area contributed by atoms with Crippen molar-refractivity contribution in [3.63, 3.8) is 0 Å². The molecule has 0 saturated heterocycles. The van der Waals surface area contributed by atoms with E-state index in [0.29, 0.717) is 0 Å². The number of unbranched alkanes of at least 4 members (excludes halogenated alkanes) is 3. The number of nitrogens with two attached hydrogens (primary N) is 1. The van der Waals surface area contributed by atoms with Crippen molar-refractivity contribution < 1.29 is 4.74 Å². The normalized spacial score (nSPS) is 10.5. The Kier molecular flexibility index (Phi) is 6.41. The minimum Gasteiger partial charge on any atom is -0.490 e. The second-order valence-corrected chi connectivity index (χ2v) is 5.11. The molecule has 1 aromatic rings. The number of ether oxygens (including phenoxy) is 1. The Balaban J connectivity index is 2.53. The Labute approximate surface area is 113 Å². The van der Waals surface area contributed by atoms with Gasteiger partial charge in [-0.15, -0.1) is 0 Å². The van der Waals surface area contributed by atoms with E-state index in [2.05, 4.69) is 35.8 Å². The van der Waals surface area contributed by atoms with Gasteiger partial charge in [-0.05, 0) is 46.5 Å². The highest BCUT2D eigenvalue weighted by Crippen LogP contribution is 2.33. The molecule has 0 saturated carbocycles. The zero-order valence-corrected chi connectivity index (χ0v) is 12.3. The van der Waals surface area contributed by atoms with Crippen LogP contribution >= 0.6 is 15.9 Å². The van der Waals surface area contributed by atoms with Crippen molar-refractivity contribution in [2.75, 3.05) is 12.3 Å². The molecule has 0 aliphatic rings. The fraction of sp³-hybridized carbons (Fsp3) is 0.571. The number of hydrogen-bond donors (Lipinski definition) is 1. The second kappa shape index (κ2) is 7.59. The van der Waals surface area contributed by atoms with Gasteiger partial charge in [-0.1, -0.05) is 33.1 Å². The molecule has 96 valence electrons. The summed E-state index contributed by atoms with van der Waals surface area (Å²) < 4.78 is 6.70. The number of halogens is 1. The van der Waals surface area contributed by atoms with Gasteiger partial charge in [-0.3, -0.25) is 0 Å². The molecule has 0 fully saturated rings. The van der Waals surface area contributed by atoms with Gasteiger partial charge in [-0.2, -0.15) is 0 Å². The third-order valence-corrected chi connectivity index (χ3v) is 3.37. The molecule has 1 rings (SSSR count). The lowest BCUT2D eigenvalue weighted by Gasteiger charge is -2.12. The quantitative estimate of drug-likeness (QED) is 0.592. The summed E-state index contributed by atoms with van der Waals surface area (Å²) in [5, 5.41) is 0. The predicted molar refractivity (Wildman–Crippen MR) is 77.6 cm³/mol. The molecule has 0 amide bonds. The molecule has 0 aliphatic carbocycles. The van der Waals surface area contributed by atoms with E-state index in [1.54, 1.807) is 0 Å². The highest BCUT2D eigenvalue weighted by Gasteiger charge is 2.07. The molecule has 0 bridgehead atoms. The fourth-order valence-electron chi connectivity index (χ4n) is 1.73. The topological polar surface area (TPSA) is 35.2 Å². The van der Waals surface area contributed by atoms with E-state index in [-0.39, 0.29) is 0 Å². The molecule has 0 aliphatic heterocycles. The summed E-state index contributed by atoms with van der Waals surface area (Å²) in [5.41, 5.74) is 7.94. The van der Waals surface area contributed by atoms with Crippen LogP contribution in [0.3, 0.4) is 0 Å². The third-order valence-electron chi connectivity index (χ3n) is 2.78. The lowest BCUT2D eigenvalue weighted by atomic mass is 10.1. The molecule has 17 heavy (non-hydrogen) atoms. The lowest BCUT2D eigenvalue weighted by molar-refractivity contribution is 0.305. The van der Waals surface area contributed by atoms with Crippen LogP contribution in [0.25, 0.3) is 0 Å². The maximum Gasteiger partial charge on any atom is 0.156 e. The van der Waals surface area contributed by atoms with E-state index in [9.17, 15) is 0 Å². The van der Waals surface area contributed by atoms with E-state index in [1.165, 1.54) is 24.8 Å². The van der Waals surface area contributed by atoms with Crippen molar-refractivity contribution in [3.05, 3.63) is 22.2 Å². The maximum absolute atomic E-state index is 5.98. The van der Waals surface area contributed by atoms with Crippen LogP contribution < -0.4 is 10.5 Å². The Morgan fingerprint density at radius 2 is 1.94 bits per heavy atom. The Bertz CT molecular complexity index is 329. The molecular formula is C14H22BrNO. The molecule has 0 aromatic heterocycles. The van der Waals surface area contributed by atoms with Gasteiger partial charge in [0.25, 0.3) is 0 Å². The van der Waals surface area contributed by atoms with Crippen LogP contribution in [-0.2, 0) is 6.42 Å². The molecule has 3 heteroatoms. The highest BCUT2D eigenvalue weighted by molar-refractivity contribution is 9.10. The van der Waals surface area contributed by atoms with E-state index in [0.717, 1.165) is 35.4 Å². The zero-order valence-electron chi connectivity index (χ0n) is 10.8. The van der Waals surface area contributed by atoms with Crippen LogP contribution in [0.5, 0.6) is 5.75 Å². The Hall–Kier alpha value is -0.700. The average molecular weight is 300 g/mol. The molecule has 2 nitrogen and oxygen atoms in total. The first kappa shape index (κ1) is 14.4. The lowest BCUT2D eigenvalue weighted by Crippen LogP contribution is -2.02. The monoisotopic (exact) mass is 299 g/mol. The first-order valence-corrected chi connectivity index (χ1v) is 7.19. The minimum atomic E-state index is 0.728. The SMILES string of the molecule is CCCCCCOc1c(N)cc(CC)cc1Br. The summed E-state index contributed by atoms with van der Waals surface area (Å²) in [7, 11) is 0. The van der Waals surface area contributed by atoms with E-state index in [1.807, 2.05) is 6.07 Å². The standard InChI is InChI=1S/C14H22BrNO/c1-3-5-6-7-8-17-14-12(15)9-11(4-2)10-13(14)16/h9-10H,3-8,16H2,1-2H3. The second-order valence-electron chi connectivity index (χ2n) is 4.26. The van der Waals surface area contributed by atoms with E-state index >= 15 is 0 Å². The van der Waals surface area contributed by atoms with Crippen molar-refractivity contribution in [3.8, 4) is 5.75 Å². The van der Waals surface area contributed by atoms with Crippen LogP contribution in [0, 0.1) is 0 Å². The number of hydrogen-bond acceptors (Lipinski definition) is 2. The summed E-state index contributed by atoms with van der Waals surface area (Å²) in [6.45, 7) is 5.07. The van der Waals surface area contributed by atoms with Crippen molar-refractivity contribution in [2.24, 2.45) is 0 Å². The molecular weight excluding hydrogens is 278 g/mol. The van der Waals surface area contributed by atoms with E-state index in [4.69, 9.17) is 10.5 Å². The van der Waals surface area contributed by atoms with Crippen LogP contribution in [0.2, 0.25) is 0 Å². The predicted octanol–water partition coefficient (Wildman–Crippen LogP) is 4.55. The van der Waals surface area contributed by atoms with Crippen molar-refractivity contribution in [2.45, 2.75) is 46.0 Å². The van der Waals surface area contributed by atoms with Gasteiger partial charge in [0, 0.05) is 0 Å². The van der Waals surface area contributed by atoms with Gasteiger partial charge < -0.3 is 10.5 Å². The largest absolute Gasteiger partial charge is 0.490 e. The van der Waals surface area contributed by atoms with Gasteiger partial charge in [0.1, 0.15) is 0 Å². The molecule has 0 heterocycles. The van der Waals surface area contributed by atoms with Gasteiger partial charge in [0.15, 0.2) is 5.75 Å². The van der Waals surface area contributed by atoms with Crippen molar-refractivity contribution in [1.29, 1.82) is 0 Å². The van der Waals surface area contributed by atoms with Crippen LogP contribution in [0.15, 0.2) is 16.6 Å². The molecule has 0 atom stereocenters.